The molecule has 0 heterocycles. The Morgan fingerprint density at radius 2 is 1.32 bits per heavy atom. The summed E-state index contributed by atoms with van der Waals surface area (Å²) in [5.74, 6) is -0.0965. The molecule has 0 atom stereocenters. The molecular weight excluding hydrogens is 352 g/mol. The molecule has 0 amide bonds. The maximum atomic E-state index is 11.0. The van der Waals surface area contributed by atoms with Crippen molar-refractivity contribution in [3.8, 4) is 0 Å². The van der Waals surface area contributed by atoms with Crippen LogP contribution in [0.2, 0.25) is 5.02 Å². The van der Waals surface area contributed by atoms with Crippen LogP contribution in [0.4, 0.5) is 0 Å². The van der Waals surface area contributed by atoms with Gasteiger partial charge in [-0.15, -0.1) is 0 Å². The molecule has 0 aliphatic rings. The number of hydrogen-bond acceptors (Lipinski definition) is 6. The second-order valence-corrected chi connectivity index (χ2v) is 8.60. The summed E-state index contributed by atoms with van der Waals surface area (Å²) in [6.07, 6.45) is 2.80. The predicted octanol–water partition coefficient (Wildman–Crippen LogP) is 2.16. The van der Waals surface area contributed by atoms with E-state index in [1.54, 1.807) is 12.1 Å². The summed E-state index contributed by atoms with van der Waals surface area (Å²) in [5.41, 5.74) is 0.915. The maximum absolute atomic E-state index is 11.0. The molecule has 0 aliphatic heterocycles. The Balaban J connectivity index is 2.69. The van der Waals surface area contributed by atoms with E-state index in [9.17, 15) is 16.8 Å². The molecule has 0 aliphatic carbocycles. The molecular formula is C13H19ClO6S2. The van der Waals surface area contributed by atoms with Crippen molar-refractivity contribution in [3.05, 3.63) is 34.9 Å². The van der Waals surface area contributed by atoms with Crippen molar-refractivity contribution in [3.63, 3.8) is 0 Å². The van der Waals surface area contributed by atoms with Gasteiger partial charge >= 0.3 is 0 Å². The van der Waals surface area contributed by atoms with Crippen LogP contribution in [0.5, 0.6) is 0 Å². The molecule has 0 N–H and O–H groups in total. The monoisotopic (exact) mass is 370 g/mol. The molecule has 0 saturated heterocycles. The van der Waals surface area contributed by atoms with Gasteiger partial charge in [0, 0.05) is 5.02 Å². The molecule has 0 saturated carbocycles. The molecule has 9 heteroatoms. The molecule has 0 radical (unpaired) electrons. The number of halogens is 1. The molecule has 0 spiro atoms. The number of benzene rings is 1. The highest BCUT2D eigenvalue weighted by Gasteiger charge is 2.15. The van der Waals surface area contributed by atoms with Gasteiger partial charge in [0.1, 0.15) is 0 Å². The van der Waals surface area contributed by atoms with Gasteiger partial charge in [-0.2, -0.15) is 16.8 Å². The summed E-state index contributed by atoms with van der Waals surface area (Å²) in [4.78, 5) is 0. The summed E-state index contributed by atoms with van der Waals surface area (Å²) in [7, 11) is -7.00. The van der Waals surface area contributed by atoms with Crippen molar-refractivity contribution in [2.24, 2.45) is 0 Å². The van der Waals surface area contributed by atoms with Crippen molar-refractivity contribution in [1.82, 2.24) is 0 Å². The van der Waals surface area contributed by atoms with Crippen LogP contribution in [0.3, 0.4) is 0 Å². The first-order valence-corrected chi connectivity index (χ1v) is 10.5. The molecule has 0 bridgehead atoms. The molecule has 0 fully saturated rings. The van der Waals surface area contributed by atoms with Gasteiger partial charge in [-0.1, -0.05) is 23.7 Å². The second kappa shape index (κ2) is 8.26. The Labute approximate surface area is 136 Å². The van der Waals surface area contributed by atoms with Gasteiger partial charge in [0.15, 0.2) is 0 Å². The van der Waals surface area contributed by atoms with E-state index in [1.165, 1.54) is 0 Å². The van der Waals surface area contributed by atoms with Crippen molar-refractivity contribution < 1.29 is 25.2 Å². The van der Waals surface area contributed by atoms with E-state index in [0.717, 1.165) is 18.1 Å². The van der Waals surface area contributed by atoms with Gasteiger partial charge in [-0.3, -0.25) is 8.37 Å². The maximum Gasteiger partial charge on any atom is 0.264 e. The molecule has 6 nitrogen and oxygen atoms in total. The van der Waals surface area contributed by atoms with E-state index in [1.807, 2.05) is 12.1 Å². The summed E-state index contributed by atoms with van der Waals surface area (Å²) < 4.78 is 53.5. The van der Waals surface area contributed by atoms with E-state index in [0.29, 0.717) is 17.9 Å². The van der Waals surface area contributed by atoms with Crippen molar-refractivity contribution >= 4 is 31.8 Å². The second-order valence-electron chi connectivity index (χ2n) is 4.88. The topological polar surface area (TPSA) is 86.7 Å². The third kappa shape index (κ3) is 8.70. The van der Waals surface area contributed by atoms with Gasteiger partial charge in [0.25, 0.3) is 20.2 Å². The minimum absolute atomic E-state index is 0.0189. The highest BCUT2D eigenvalue weighted by Crippen LogP contribution is 2.25. The van der Waals surface area contributed by atoms with Gasteiger partial charge in [-0.05, 0) is 36.5 Å². The zero-order valence-corrected chi connectivity index (χ0v) is 14.7. The summed E-state index contributed by atoms with van der Waals surface area (Å²) in [5, 5.41) is 0.585. The van der Waals surface area contributed by atoms with Gasteiger partial charge < -0.3 is 0 Å². The molecule has 1 aromatic rings. The number of rotatable bonds is 9. The molecule has 1 aromatic carbocycles. The first-order valence-electron chi connectivity index (χ1n) is 6.51. The first kappa shape index (κ1) is 19.4. The summed E-state index contributed by atoms with van der Waals surface area (Å²) >= 11 is 5.84. The zero-order chi connectivity index (χ0) is 16.8. The third-order valence-corrected chi connectivity index (χ3v) is 4.31. The lowest BCUT2D eigenvalue weighted by Crippen LogP contribution is -2.12. The number of hydrogen-bond donors (Lipinski definition) is 0. The lowest BCUT2D eigenvalue weighted by atomic mass is 9.93. The minimum Gasteiger partial charge on any atom is -0.270 e. The minimum atomic E-state index is -3.50. The van der Waals surface area contributed by atoms with Crippen molar-refractivity contribution in [2.45, 2.75) is 18.8 Å². The third-order valence-electron chi connectivity index (χ3n) is 2.87. The Hall–Kier alpha value is -0.670. The predicted molar refractivity (Wildman–Crippen MR) is 85.0 cm³/mol. The van der Waals surface area contributed by atoms with Crippen LogP contribution < -0.4 is 0 Å². The fourth-order valence-corrected chi connectivity index (χ4v) is 2.82. The Bertz CT molecular complexity index is 629. The van der Waals surface area contributed by atoms with Crippen LogP contribution >= 0.6 is 11.6 Å². The van der Waals surface area contributed by atoms with Crippen LogP contribution in [0.15, 0.2) is 24.3 Å². The SMILES string of the molecule is CS(=O)(=O)OCCC(CCOS(C)(=O)=O)c1ccc(Cl)cc1. The highest BCUT2D eigenvalue weighted by atomic mass is 35.5. The highest BCUT2D eigenvalue weighted by molar-refractivity contribution is 7.86. The lowest BCUT2D eigenvalue weighted by molar-refractivity contribution is 0.271. The summed E-state index contributed by atoms with van der Waals surface area (Å²) in [6, 6.07) is 7.07. The van der Waals surface area contributed by atoms with Crippen LogP contribution in [0.25, 0.3) is 0 Å². The Kier molecular flexibility index (Phi) is 7.27. The van der Waals surface area contributed by atoms with E-state index in [4.69, 9.17) is 20.0 Å². The van der Waals surface area contributed by atoms with Crippen LogP contribution in [-0.4, -0.2) is 42.6 Å². The van der Waals surface area contributed by atoms with Gasteiger partial charge in [0.2, 0.25) is 0 Å². The van der Waals surface area contributed by atoms with Crippen molar-refractivity contribution in [1.29, 1.82) is 0 Å². The van der Waals surface area contributed by atoms with Crippen LogP contribution in [0, 0.1) is 0 Å². The summed E-state index contributed by atoms with van der Waals surface area (Å²) in [6.45, 7) is 0.0377. The van der Waals surface area contributed by atoms with Crippen LogP contribution in [0.1, 0.15) is 24.3 Å². The quantitative estimate of drug-likeness (QED) is 0.619. The van der Waals surface area contributed by atoms with Crippen molar-refractivity contribution in [2.75, 3.05) is 25.7 Å². The van der Waals surface area contributed by atoms with Gasteiger partial charge in [-0.25, -0.2) is 0 Å². The van der Waals surface area contributed by atoms with E-state index in [-0.39, 0.29) is 19.1 Å². The first-order chi connectivity index (χ1) is 10.1. The fraction of sp³-hybridized carbons (Fsp3) is 0.538. The molecule has 22 heavy (non-hydrogen) atoms. The normalized spacial score (nSPS) is 12.7. The van der Waals surface area contributed by atoms with E-state index in [2.05, 4.69) is 0 Å². The lowest BCUT2D eigenvalue weighted by Gasteiger charge is -2.17. The zero-order valence-electron chi connectivity index (χ0n) is 12.4. The van der Waals surface area contributed by atoms with E-state index >= 15 is 0 Å². The molecule has 0 aromatic heterocycles. The van der Waals surface area contributed by atoms with Crippen LogP contribution in [-0.2, 0) is 28.6 Å². The molecule has 1 rings (SSSR count). The standard InChI is InChI=1S/C13H19ClO6S2/c1-21(15,16)19-9-7-12(8-10-20-22(2,17)18)11-3-5-13(14)6-4-11/h3-6,12H,7-10H2,1-2H3. The van der Waals surface area contributed by atoms with E-state index < -0.39 is 20.2 Å². The Morgan fingerprint density at radius 3 is 1.68 bits per heavy atom. The fourth-order valence-electron chi connectivity index (χ4n) is 1.90. The average Bonchev–Trinajstić information content (AvgIpc) is 2.35. The smallest absolute Gasteiger partial charge is 0.264 e. The molecule has 126 valence electrons. The molecule has 0 unspecified atom stereocenters. The Morgan fingerprint density at radius 1 is 0.909 bits per heavy atom. The van der Waals surface area contributed by atoms with Gasteiger partial charge in [0.05, 0.1) is 25.7 Å². The average molecular weight is 371 g/mol. The largest absolute Gasteiger partial charge is 0.270 e.